The van der Waals surface area contributed by atoms with Crippen LogP contribution in [0.4, 0.5) is 0 Å². The molecule has 6 nitrogen and oxygen atoms in total. The molecular weight excluding hydrogens is 408 g/mol. The van der Waals surface area contributed by atoms with E-state index in [-0.39, 0.29) is 12.7 Å². The standard InChI is InChI=1S/C26H34O6/c1-4-6-7-8-9-18-30-23-14-10-21(11-15-23)26(28)32-24-16-12-20(13-17-24)25(27)31-19-22(5-2)29-3/h10-17,22H,4-9,18-19H2,1-3H3. The van der Waals surface area contributed by atoms with Crippen LogP contribution in [0.5, 0.6) is 11.5 Å². The highest BCUT2D eigenvalue weighted by atomic mass is 16.6. The highest BCUT2D eigenvalue weighted by molar-refractivity contribution is 5.92. The van der Waals surface area contributed by atoms with Crippen LogP contribution in [-0.4, -0.2) is 38.4 Å². The molecule has 0 aliphatic carbocycles. The molecule has 0 aliphatic rings. The molecule has 2 rings (SSSR count). The first-order valence-electron chi connectivity index (χ1n) is 11.3. The summed E-state index contributed by atoms with van der Waals surface area (Å²) in [5, 5.41) is 0. The third-order valence-electron chi connectivity index (χ3n) is 5.10. The van der Waals surface area contributed by atoms with Gasteiger partial charge in [-0.3, -0.25) is 0 Å². The molecule has 0 heterocycles. The second-order valence-electron chi connectivity index (χ2n) is 7.57. The zero-order chi connectivity index (χ0) is 23.2. The number of hydrogen-bond acceptors (Lipinski definition) is 6. The van der Waals surface area contributed by atoms with Gasteiger partial charge >= 0.3 is 11.9 Å². The Morgan fingerprint density at radius 2 is 1.38 bits per heavy atom. The van der Waals surface area contributed by atoms with E-state index in [0.29, 0.717) is 23.5 Å². The first-order chi connectivity index (χ1) is 15.6. The molecule has 0 fully saturated rings. The molecule has 32 heavy (non-hydrogen) atoms. The van der Waals surface area contributed by atoms with Gasteiger partial charge in [-0.15, -0.1) is 0 Å². The average Bonchev–Trinajstić information content (AvgIpc) is 2.82. The first-order valence-corrected chi connectivity index (χ1v) is 11.3. The highest BCUT2D eigenvalue weighted by Gasteiger charge is 2.13. The van der Waals surface area contributed by atoms with E-state index in [4.69, 9.17) is 18.9 Å². The van der Waals surface area contributed by atoms with Crippen molar-refractivity contribution >= 4 is 11.9 Å². The van der Waals surface area contributed by atoms with Gasteiger partial charge in [-0.25, -0.2) is 9.59 Å². The predicted octanol–water partition coefficient (Wildman–Crippen LogP) is 5.84. The quantitative estimate of drug-likeness (QED) is 0.208. The number of hydrogen-bond donors (Lipinski definition) is 0. The molecule has 2 aromatic carbocycles. The Labute approximate surface area is 190 Å². The van der Waals surface area contributed by atoms with Gasteiger partial charge < -0.3 is 18.9 Å². The van der Waals surface area contributed by atoms with Crippen molar-refractivity contribution < 1.29 is 28.5 Å². The van der Waals surface area contributed by atoms with Crippen molar-refractivity contribution in [2.45, 2.75) is 58.5 Å². The van der Waals surface area contributed by atoms with Gasteiger partial charge in [0, 0.05) is 7.11 Å². The van der Waals surface area contributed by atoms with Crippen molar-refractivity contribution in [2.75, 3.05) is 20.3 Å². The Hall–Kier alpha value is -2.86. The van der Waals surface area contributed by atoms with Gasteiger partial charge in [0.2, 0.25) is 0 Å². The number of benzene rings is 2. The molecule has 0 spiro atoms. The SMILES string of the molecule is CCCCCCCOc1ccc(C(=O)Oc2ccc(C(=O)OCC(CC)OC)cc2)cc1. The number of methoxy groups -OCH3 is 1. The summed E-state index contributed by atoms with van der Waals surface area (Å²) in [6.07, 6.45) is 6.55. The molecule has 0 aliphatic heterocycles. The zero-order valence-corrected chi connectivity index (χ0v) is 19.3. The summed E-state index contributed by atoms with van der Waals surface area (Å²) in [6, 6.07) is 13.2. The van der Waals surface area contributed by atoms with Crippen molar-refractivity contribution in [2.24, 2.45) is 0 Å². The lowest BCUT2D eigenvalue weighted by Crippen LogP contribution is -2.20. The van der Waals surface area contributed by atoms with Crippen molar-refractivity contribution in [3.05, 3.63) is 59.7 Å². The summed E-state index contributed by atoms with van der Waals surface area (Å²) in [5.74, 6) is 0.164. The Morgan fingerprint density at radius 1 is 0.781 bits per heavy atom. The second kappa shape index (κ2) is 14.2. The molecule has 6 heteroatoms. The van der Waals surface area contributed by atoms with Crippen LogP contribution in [0.3, 0.4) is 0 Å². The molecule has 174 valence electrons. The van der Waals surface area contributed by atoms with Crippen molar-refractivity contribution in [1.29, 1.82) is 0 Å². The minimum absolute atomic E-state index is 0.123. The monoisotopic (exact) mass is 442 g/mol. The van der Waals surface area contributed by atoms with Crippen molar-refractivity contribution in [1.82, 2.24) is 0 Å². The van der Waals surface area contributed by atoms with E-state index in [1.165, 1.54) is 25.7 Å². The molecule has 1 unspecified atom stereocenters. The molecule has 1 atom stereocenters. The predicted molar refractivity (Wildman–Crippen MR) is 123 cm³/mol. The van der Waals surface area contributed by atoms with Crippen LogP contribution in [0.15, 0.2) is 48.5 Å². The van der Waals surface area contributed by atoms with E-state index in [1.54, 1.807) is 55.6 Å². The van der Waals surface area contributed by atoms with Crippen LogP contribution >= 0.6 is 0 Å². The molecule has 0 radical (unpaired) electrons. The third-order valence-corrected chi connectivity index (χ3v) is 5.10. The first kappa shape index (κ1) is 25.4. The van der Waals surface area contributed by atoms with E-state index >= 15 is 0 Å². The molecule has 0 saturated carbocycles. The van der Waals surface area contributed by atoms with Gasteiger partial charge in [0.25, 0.3) is 0 Å². The van der Waals surface area contributed by atoms with Gasteiger partial charge in [0.05, 0.1) is 23.8 Å². The summed E-state index contributed by atoms with van der Waals surface area (Å²) in [5.41, 5.74) is 0.806. The maximum absolute atomic E-state index is 12.4. The summed E-state index contributed by atoms with van der Waals surface area (Å²) in [4.78, 5) is 24.5. The van der Waals surface area contributed by atoms with Gasteiger partial charge in [-0.1, -0.05) is 39.5 Å². The number of ether oxygens (including phenoxy) is 4. The van der Waals surface area contributed by atoms with E-state index in [0.717, 1.165) is 18.6 Å². The fourth-order valence-corrected chi connectivity index (χ4v) is 3.01. The minimum Gasteiger partial charge on any atom is -0.494 e. The Morgan fingerprint density at radius 3 is 1.97 bits per heavy atom. The maximum Gasteiger partial charge on any atom is 0.343 e. The van der Waals surface area contributed by atoms with Crippen LogP contribution in [0.25, 0.3) is 0 Å². The van der Waals surface area contributed by atoms with Gasteiger partial charge in [-0.05, 0) is 61.4 Å². The number of unbranched alkanes of at least 4 members (excludes halogenated alkanes) is 4. The van der Waals surface area contributed by atoms with Crippen molar-refractivity contribution in [3.63, 3.8) is 0 Å². The zero-order valence-electron chi connectivity index (χ0n) is 19.3. The number of carbonyl (C=O) groups is 2. The largest absolute Gasteiger partial charge is 0.494 e. The Bertz CT molecular complexity index is 809. The van der Waals surface area contributed by atoms with Gasteiger partial charge in [0.1, 0.15) is 18.1 Å². The minimum atomic E-state index is -0.475. The van der Waals surface area contributed by atoms with Crippen molar-refractivity contribution in [3.8, 4) is 11.5 Å². The highest BCUT2D eigenvalue weighted by Crippen LogP contribution is 2.18. The lowest BCUT2D eigenvalue weighted by molar-refractivity contribution is 0.00972. The summed E-state index contributed by atoms with van der Waals surface area (Å²) in [6.45, 7) is 5.02. The van der Waals surface area contributed by atoms with E-state index in [9.17, 15) is 9.59 Å². The molecule has 0 amide bonds. The van der Waals surface area contributed by atoms with E-state index in [1.807, 2.05) is 6.92 Å². The summed E-state index contributed by atoms with van der Waals surface area (Å²) >= 11 is 0. The van der Waals surface area contributed by atoms with Crippen LogP contribution in [0.1, 0.15) is 73.1 Å². The molecule has 0 N–H and O–H groups in total. The van der Waals surface area contributed by atoms with Crippen LogP contribution in [0.2, 0.25) is 0 Å². The van der Waals surface area contributed by atoms with Crippen LogP contribution in [-0.2, 0) is 9.47 Å². The number of carbonyl (C=O) groups excluding carboxylic acids is 2. The summed E-state index contributed by atoms with van der Waals surface area (Å²) in [7, 11) is 1.58. The average molecular weight is 443 g/mol. The second-order valence-corrected chi connectivity index (χ2v) is 7.57. The lowest BCUT2D eigenvalue weighted by atomic mass is 10.2. The fraction of sp³-hybridized carbons (Fsp3) is 0.462. The fourth-order valence-electron chi connectivity index (χ4n) is 3.01. The van der Waals surface area contributed by atoms with E-state index in [2.05, 4.69) is 6.92 Å². The lowest BCUT2D eigenvalue weighted by Gasteiger charge is -2.13. The Balaban J connectivity index is 1.80. The maximum atomic E-state index is 12.4. The smallest absolute Gasteiger partial charge is 0.343 e. The third kappa shape index (κ3) is 8.71. The number of rotatable bonds is 14. The van der Waals surface area contributed by atoms with Crippen LogP contribution in [0, 0.1) is 0 Å². The van der Waals surface area contributed by atoms with Crippen LogP contribution < -0.4 is 9.47 Å². The molecule has 0 saturated heterocycles. The topological polar surface area (TPSA) is 71.1 Å². The number of esters is 2. The van der Waals surface area contributed by atoms with E-state index < -0.39 is 11.9 Å². The molecule has 0 bridgehead atoms. The molecular formula is C26H34O6. The molecule has 2 aromatic rings. The van der Waals surface area contributed by atoms with Gasteiger partial charge in [-0.2, -0.15) is 0 Å². The molecule has 0 aromatic heterocycles. The Kier molecular flexibility index (Phi) is 11.3. The normalized spacial score (nSPS) is 11.6. The van der Waals surface area contributed by atoms with Gasteiger partial charge in [0.15, 0.2) is 0 Å². The summed E-state index contributed by atoms with van der Waals surface area (Å²) < 4.78 is 21.5.